The van der Waals surface area contributed by atoms with E-state index in [1.54, 1.807) is 13.0 Å². The maximum Gasteiger partial charge on any atom is 0.342 e. The summed E-state index contributed by atoms with van der Waals surface area (Å²) < 4.78 is 6.05. The van der Waals surface area contributed by atoms with Gasteiger partial charge in [0, 0.05) is 4.47 Å². The molecule has 2 aromatic rings. The number of hydrogen-bond donors (Lipinski definition) is 1. The second kappa shape index (κ2) is 5.89. The number of phenols is 1. The molecule has 19 heavy (non-hydrogen) atoms. The second-order valence-electron chi connectivity index (χ2n) is 4.12. The topological polar surface area (TPSA) is 46.5 Å². The Morgan fingerprint density at radius 2 is 1.89 bits per heavy atom. The van der Waals surface area contributed by atoms with Gasteiger partial charge in [0.1, 0.15) is 17.4 Å². The zero-order chi connectivity index (χ0) is 13.8. The first-order valence-corrected chi connectivity index (χ1v) is 6.61. The van der Waals surface area contributed by atoms with E-state index in [0.29, 0.717) is 4.47 Å². The van der Waals surface area contributed by atoms with Crippen molar-refractivity contribution in [1.29, 1.82) is 0 Å². The Labute approximate surface area is 120 Å². The summed E-state index contributed by atoms with van der Waals surface area (Å²) in [5.41, 5.74) is 1.06. The first-order valence-electron chi connectivity index (χ1n) is 5.82. The van der Waals surface area contributed by atoms with Gasteiger partial charge in [0.15, 0.2) is 0 Å². The van der Waals surface area contributed by atoms with Crippen LogP contribution in [-0.2, 0) is 4.74 Å². The smallest absolute Gasteiger partial charge is 0.342 e. The summed E-state index contributed by atoms with van der Waals surface area (Å²) in [6.07, 6.45) is -0.368. The van der Waals surface area contributed by atoms with Crippen LogP contribution in [0.25, 0.3) is 0 Å². The highest BCUT2D eigenvalue weighted by molar-refractivity contribution is 9.10. The van der Waals surface area contributed by atoms with Gasteiger partial charge in [-0.3, -0.25) is 0 Å². The number of phenolic OH excluding ortho intramolecular Hbond substituents is 1. The Hall–Kier alpha value is -1.81. The van der Waals surface area contributed by atoms with Crippen molar-refractivity contribution < 1.29 is 14.6 Å². The first-order chi connectivity index (χ1) is 9.08. The molecule has 0 spiro atoms. The van der Waals surface area contributed by atoms with Crippen LogP contribution in [-0.4, -0.2) is 11.1 Å². The van der Waals surface area contributed by atoms with Crippen LogP contribution >= 0.6 is 15.9 Å². The third kappa shape index (κ3) is 3.35. The molecule has 4 heteroatoms. The Bertz CT molecular complexity index is 581. The highest BCUT2D eigenvalue weighted by Gasteiger charge is 2.17. The lowest BCUT2D eigenvalue weighted by Gasteiger charge is -2.14. The van der Waals surface area contributed by atoms with Gasteiger partial charge in [0.05, 0.1) is 0 Å². The number of ether oxygens (including phenoxy) is 1. The Morgan fingerprint density at radius 3 is 2.58 bits per heavy atom. The van der Waals surface area contributed by atoms with E-state index in [0.717, 1.165) is 5.56 Å². The molecule has 0 aliphatic rings. The van der Waals surface area contributed by atoms with Gasteiger partial charge in [0.2, 0.25) is 0 Å². The van der Waals surface area contributed by atoms with Crippen LogP contribution in [0.2, 0.25) is 0 Å². The van der Waals surface area contributed by atoms with Gasteiger partial charge in [0.25, 0.3) is 0 Å². The summed E-state index contributed by atoms with van der Waals surface area (Å²) >= 11 is 3.26. The van der Waals surface area contributed by atoms with Crippen molar-refractivity contribution in [2.45, 2.75) is 13.0 Å². The molecule has 0 aromatic heterocycles. The minimum absolute atomic E-state index is 0.0894. The highest BCUT2D eigenvalue weighted by Crippen LogP contribution is 2.25. The van der Waals surface area contributed by atoms with Gasteiger partial charge >= 0.3 is 5.97 Å². The average Bonchev–Trinajstić information content (AvgIpc) is 2.42. The zero-order valence-corrected chi connectivity index (χ0v) is 11.9. The van der Waals surface area contributed by atoms with Crippen LogP contribution < -0.4 is 0 Å². The molecule has 0 heterocycles. The lowest BCUT2D eigenvalue weighted by atomic mass is 10.1. The van der Waals surface area contributed by atoms with E-state index in [1.165, 1.54) is 12.1 Å². The minimum Gasteiger partial charge on any atom is -0.507 e. The molecule has 0 aliphatic carbocycles. The third-order valence-corrected chi connectivity index (χ3v) is 3.22. The summed E-state index contributed by atoms with van der Waals surface area (Å²) in [4.78, 5) is 12.0. The molecule has 1 atom stereocenters. The number of halogens is 1. The van der Waals surface area contributed by atoms with Crippen molar-refractivity contribution in [3.8, 4) is 5.75 Å². The van der Waals surface area contributed by atoms with E-state index < -0.39 is 5.97 Å². The molecule has 0 saturated heterocycles. The summed E-state index contributed by atoms with van der Waals surface area (Å²) in [6, 6.07) is 14.1. The molecule has 0 amide bonds. The summed E-state index contributed by atoms with van der Waals surface area (Å²) in [5.74, 6) is -0.636. The molecule has 0 bridgehead atoms. The highest BCUT2D eigenvalue weighted by atomic mass is 79.9. The van der Waals surface area contributed by atoms with Crippen LogP contribution in [0.15, 0.2) is 53.0 Å². The second-order valence-corrected chi connectivity index (χ2v) is 5.04. The van der Waals surface area contributed by atoms with Crippen molar-refractivity contribution in [1.82, 2.24) is 0 Å². The number of benzene rings is 2. The monoisotopic (exact) mass is 320 g/mol. The molecule has 1 N–H and O–H groups in total. The molecule has 3 nitrogen and oxygen atoms in total. The van der Waals surface area contributed by atoms with Crippen LogP contribution in [0.3, 0.4) is 0 Å². The van der Waals surface area contributed by atoms with E-state index in [1.807, 2.05) is 30.3 Å². The van der Waals surface area contributed by atoms with Crippen LogP contribution in [0.5, 0.6) is 5.75 Å². The van der Waals surface area contributed by atoms with Gasteiger partial charge in [-0.2, -0.15) is 0 Å². The summed E-state index contributed by atoms with van der Waals surface area (Å²) in [5, 5.41) is 9.67. The molecule has 0 radical (unpaired) electrons. The van der Waals surface area contributed by atoms with Crippen molar-refractivity contribution in [2.75, 3.05) is 0 Å². The van der Waals surface area contributed by atoms with Crippen molar-refractivity contribution in [3.05, 3.63) is 64.1 Å². The lowest BCUT2D eigenvalue weighted by molar-refractivity contribution is 0.0334. The molecule has 0 fully saturated rings. The Kier molecular flexibility index (Phi) is 4.22. The standard InChI is InChI=1S/C15H13BrO3/c1-10(11-5-3-2-4-6-11)19-15(18)13-9-12(16)7-8-14(13)17/h2-10,17H,1H3/t10-/m0/s1. The Morgan fingerprint density at radius 1 is 1.21 bits per heavy atom. The van der Waals surface area contributed by atoms with Gasteiger partial charge in [-0.25, -0.2) is 4.79 Å². The number of rotatable bonds is 3. The molecule has 0 unspecified atom stereocenters. The Balaban J connectivity index is 2.15. The fourth-order valence-corrected chi connectivity index (χ4v) is 2.05. The number of hydrogen-bond acceptors (Lipinski definition) is 3. The van der Waals surface area contributed by atoms with Crippen LogP contribution in [0.4, 0.5) is 0 Å². The molecular weight excluding hydrogens is 308 g/mol. The summed E-state index contributed by atoms with van der Waals surface area (Å²) in [6.45, 7) is 1.79. The fourth-order valence-electron chi connectivity index (χ4n) is 1.69. The average molecular weight is 321 g/mol. The lowest BCUT2D eigenvalue weighted by Crippen LogP contribution is -2.09. The fraction of sp³-hybridized carbons (Fsp3) is 0.133. The van der Waals surface area contributed by atoms with E-state index in [4.69, 9.17) is 4.74 Å². The SMILES string of the molecule is C[C@H](OC(=O)c1cc(Br)ccc1O)c1ccccc1. The zero-order valence-electron chi connectivity index (χ0n) is 10.3. The minimum atomic E-state index is -0.546. The van der Waals surface area contributed by atoms with E-state index in [2.05, 4.69) is 15.9 Å². The molecule has 0 saturated carbocycles. The quantitative estimate of drug-likeness (QED) is 0.867. The number of carbonyl (C=O) groups is 1. The maximum atomic E-state index is 12.0. The van der Waals surface area contributed by atoms with Crippen LogP contribution in [0.1, 0.15) is 28.9 Å². The normalized spacial score (nSPS) is 11.9. The van der Waals surface area contributed by atoms with E-state index in [9.17, 15) is 9.90 Å². The maximum absolute atomic E-state index is 12.0. The number of carbonyl (C=O) groups excluding carboxylic acids is 1. The molecule has 2 aromatic carbocycles. The van der Waals surface area contributed by atoms with Crippen molar-refractivity contribution >= 4 is 21.9 Å². The first kappa shape index (κ1) is 13.6. The van der Waals surface area contributed by atoms with Gasteiger partial charge < -0.3 is 9.84 Å². The predicted molar refractivity (Wildman–Crippen MR) is 76.1 cm³/mol. The van der Waals surface area contributed by atoms with Gasteiger partial charge in [-0.05, 0) is 30.7 Å². The molecular formula is C15H13BrO3. The number of esters is 1. The largest absolute Gasteiger partial charge is 0.507 e. The van der Waals surface area contributed by atoms with Crippen LogP contribution in [0, 0.1) is 0 Å². The van der Waals surface area contributed by atoms with E-state index >= 15 is 0 Å². The molecule has 0 aliphatic heterocycles. The van der Waals surface area contributed by atoms with Crippen molar-refractivity contribution in [2.24, 2.45) is 0 Å². The predicted octanol–water partition coefficient (Wildman–Crippen LogP) is 4.07. The van der Waals surface area contributed by atoms with Crippen molar-refractivity contribution in [3.63, 3.8) is 0 Å². The summed E-state index contributed by atoms with van der Waals surface area (Å²) in [7, 11) is 0. The molecule has 2 rings (SSSR count). The molecule has 98 valence electrons. The third-order valence-electron chi connectivity index (χ3n) is 2.73. The van der Waals surface area contributed by atoms with E-state index in [-0.39, 0.29) is 17.4 Å². The van der Waals surface area contributed by atoms with Gasteiger partial charge in [-0.15, -0.1) is 0 Å². The number of aromatic hydroxyl groups is 1. The van der Waals surface area contributed by atoms with Gasteiger partial charge in [-0.1, -0.05) is 46.3 Å².